The van der Waals surface area contributed by atoms with Gasteiger partial charge in [0.2, 0.25) is 0 Å². The number of carbonyl (C=O) groups is 1. The lowest BCUT2D eigenvalue weighted by Gasteiger charge is -2.57. The summed E-state index contributed by atoms with van der Waals surface area (Å²) in [6.07, 6.45) is 2.76. The lowest BCUT2D eigenvalue weighted by Crippen LogP contribution is -2.72. The summed E-state index contributed by atoms with van der Waals surface area (Å²) >= 11 is 0. The molecule has 3 fully saturated rings. The molecule has 2 bridgehead atoms. The van der Waals surface area contributed by atoms with Crippen LogP contribution in [0.2, 0.25) is 0 Å². The molecule has 3 aliphatic heterocycles. The van der Waals surface area contributed by atoms with Crippen molar-refractivity contribution in [1.29, 1.82) is 0 Å². The zero-order chi connectivity index (χ0) is 11.8. The highest BCUT2D eigenvalue weighted by Crippen LogP contribution is 2.47. The third kappa shape index (κ3) is 1.36. The van der Waals surface area contributed by atoms with Crippen LogP contribution in [0.15, 0.2) is 0 Å². The minimum absolute atomic E-state index is 0.124. The summed E-state index contributed by atoms with van der Waals surface area (Å²) < 4.78 is 5.17. The van der Waals surface area contributed by atoms with Crippen molar-refractivity contribution < 1.29 is 14.6 Å². The Bertz CT molecular complexity index is 284. The van der Waals surface area contributed by atoms with Gasteiger partial charge in [0, 0.05) is 25.6 Å². The van der Waals surface area contributed by atoms with E-state index in [4.69, 9.17) is 4.74 Å². The summed E-state index contributed by atoms with van der Waals surface area (Å²) in [4.78, 5) is 14.7. The summed E-state index contributed by atoms with van der Waals surface area (Å²) in [7, 11) is 1.59. The van der Waals surface area contributed by atoms with Crippen molar-refractivity contribution in [3.05, 3.63) is 0 Å². The van der Waals surface area contributed by atoms with Gasteiger partial charge in [-0.25, -0.2) is 0 Å². The van der Waals surface area contributed by atoms with Crippen molar-refractivity contribution in [2.75, 3.05) is 33.4 Å². The fourth-order valence-electron chi connectivity index (χ4n) is 3.35. The molecule has 0 amide bonds. The minimum atomic E-state index is -0.763. The highest BCUT2D eigenvalue weighted by Gasteiger charge is 2.59. The molecule has 0 aromatic rings. The zero-order valence-corrected chi connectivity index (χ0v) is 10.2. The Morgan fingerprint density at radius 3 is 2.50 bits per heavy atom. The second-order valence-electron chi connectivity index (χ2n) is 5.07. The van der Waals surface area contributed by atoms with Gasteiger partial charge >= 0.3 is 0 Å². The number of Topliss-reactive ketones (excluding diaryl/α,β-unsaturated/α-hetero) is 1. The van der Waals surface area contributed by atoms with Crippen molar-refractivity contribution in [2.24, 2.45) is 5.41 Å². The van der Waals surface area contributed by atoms with Crippen LogP contribution in [-0.4, -0.2) is 54.7 Å². The van der Waals surface area contributed by atoms with E-state index in [0.717, 1.165) is 32.4 Å². The van der Waals surface area contributed by atoms with E-state index in [1.807, 2.05) is 0 Å². The van der Waals surface area contributed by atoms with Gasteiger partial charge in [-0.3, -0.25) is 9.69 Å². The molecule has 92 valence electrons. The predicted molar refractivity (Wildman–Crippen MR) is 60.2 cm³/mol. The number of methoxy groups -OCH3 is 1. The maximum atomic E-state index is 12.6. The largest absolute Gasteiger partial charge is 0.394 e. The zero-order valence-electron chi connectivity index (χ0n) is 10.2. The Hall–Kier alpha value is -0.450. The molecule has 3 saturated heterocycles. The van der Waals surface area contributed by atoms with E-state index in [9.17, 15) is 9.90 Å². The number of aliphatic hydroxyl groups is 1. The first-order valence-electron chi connectivity index (χ1n) is 6.05. The number of hydrogen-bond donors (Lipinski definition) is 1. The van der Waals surface area contributed by atoms with E-state index in [0.29, 0.717) is 6.61 Å². The van der Waals surface area contributed by atoms with Crippen LogP contribution < -0.4 is 0 Å². The van der Waals surface area contributed by atoms with Crippen LogP contribution in [0.1, 0.15) is 26.2 Å². The van der Waals surface area contributed by atoms with Crippen molar-refractivity contribution in [2.45, 2.75) is 31.7 Å². The van der Waals surface area contributed by atoms with Gasteiger partial charge in [0.25, 0.3) is 0 Å². The molecule has 1 atom stereocenters. The van der Waals surface area contributed by atoms with Crippen molar-refractivity contribution >= 4 is 5.78 Å². The highest BCUT2D eigenvalue weighted by molar-refractivity contribution is 5.95. The Labute approximate surface area is 96.6 Å². The van der Waals surface area contributed by atoms with Crippen LogP contribution in [0.4, 0.5) is 0 Å². The molecule has 4 heteroatoms. The number of piperidine rings is 3. The summed E-state index contributed by atoms with van der Waals surface area (Å²) in [5, 5.41) is 9.63. The van der Waals surface area contributed by atoms with Crippen molar-refractivity contribution in [3.8, 4) is 0 Å². The summed E-state index contributed by atoms with van der Waals surface area (Å²) in [6, 6.07) is 0. The van der Waals surface area contributed by atoms with E-state index in [1.165, 1.54) is 0 Å². The fourth-order valence-corrected chi connectivity index (χ4v) is 3.35. The standard InChI is InChI=1S/C12H21NO3/c1-3-11-4-6-13(7-5-11)12(8-14,9-16-2)10(11)15/h14H,3-9H2,1-2H3. The molecule has 0 saturated carbocycles. The molecule has 0 aliphatic carbocycles. The predicted octanol–water partition coefficient (Wildman–Crippen LogP) is 0.439. The molecule has 1 unspecified atom stereocenters. The Morgan fingerprint density at radius 2 is 2.06 bits per heavy atom. The molecule has 0 aromatic carbocycles. The number of carbonyl (C=O) groups excluding carboxylic acids is 1. The third-order valence-corrected chi connectivity index (χ3v) is 4.55. The van der Waals surface area contributed by atoms with E-state index in [2.05, 4.69) is 11.8 Å². The topological polar surface area (TPSA) is 49.8 Å². The minimum Gasteiger partial charge on any atom is -0.394 e. The average Bonchev–Trinajstić information content (AvgIpc) is 2.35. The second kappa shape index (κ2) is 4.09. The van der Waals surface area contributed by atoms with Crippen LogP contribution in [0.5, 0.6) is 0 Å². The number of rotatable bonds is 4. The molecule has 3 heterocycles. The molecule has 1 N–H and O–H groups in total. The van der Waals surface area contributed by atoms with Crippen molar-refractivity contribution in [1.82, 2.24) is 4.90 Å². The van der Waals surface area contributed by atoms with E-state index < -0.39 is 5.54 Å². The first kappa shape index (κ1) is 12.0. The van der Waals surface area contributed by atoms with Crippen LogP contribution in [0, 0.1) is 5.41 Å². The van der Waals surface area contributed by atoms with Gasteiger partial charge in [-0.2, -0.15) is 0 Å². The number of ketones is 1. The monoisotopic (exact) mass is 227 g/mol. The van der Waals surface area contributed by atoms with Gasteiger partial charge in [0.05, 0.1) is 13.2 Å². The van der Waals surface area contributed by atoms with Crippen molar-refractivity contribution in [3.63, 3.8) is 0 Å². The number of ether oxygens (including phenoxy) is 1. The highest BCUT2D eigenvalue weighted by atomic mass is 16.5. The van der Waals surface area contributed by atoms with Gasteiger partial charge in [-0.15, -0.1) is 0 Å². The normalized spacial score (nSPS) is 42.7. The fraction of sp³-hybridized carbons (Fsp3) is 0.917. The lowest BCUT2D eigenvalue weighted by molar-refractivity contribution is -0.171. The van der Waals surface area contributed by atoms with Crippen LogP contribution in [0.25, 0.3) is 0 Å². The summed E-state index contributed by atoms with van der Waals surface area (Å²) in [6.45, 7) is 4.08. The first-order chi connectivity index (χ1) is 7.65. The smallest absolute Gasteiger partial charge is 0.164 e. The quantitative estimate of drug-likeness (QED) is 0.757. The molecule has 0 aromatic heterocycles. The van der Waals surface area contributed by atoms with E-state index in [1.54, 1.807) is 7.11 Å². The van der Waals surface area contributed by atoms with Crippen LogP contribution >= 0.6 is 0 Å². The number of nitrogens with zero attached hydrogens (tertiary/aromatic N) is 1. The maximum Gasteiger partial charge on any atom is 0.164 e. The second-order valence-corrected chi connectivity index (χ2v) is 5.07. The SMILES string of the molecule is CCC12CCN(CC1)C(CO)(COC)C2=O. The number of fused-ring (bicyclic) bond motifs is 3. The number of hydrogen-bond acceptors (Lipinski definition) is 4. The molecule has 3 aliphatic rings. The average molecular weight is 227 g/mol. The van der Waals surface area contributed by atoms with Crippen LogP contribution in [-0.2, 0) is 9.53 Å². The summed E-state index contributed by atoms with van der Waals surface area (Å²) in [5.74, 6) is 0.198. The van der Waals surface area contributed by atoms with Gasteiger partial charge in [-0.1, -0.05) is 6.92 Å². The van der Waals surface area contributed by atoms with Gasteiger partial charge in [0.15, 0.2) is 5.78 Å². The molecule has 16 heavy (non-hydrogen) atoms. The number of aliphatic hydroxyl groups excluding tert-OH is 1. The molecule has 3 rings (SSSR count). The molecular formula is C12H21NO3. The van der Waals surface area contributed by atoms with Gasteiger partial charge in [0.1, 0.15) is 5.54 Å². The van der Waals surface area contributed by atoms with E-state index >= 15 is 0 Å². The van der Waals surface area contributed by atoms with E-state index in [-0.39, 0.29) is 17.8 Å². The molecule has 0 spiro atoms. The molecule has 4 nitrogen and oxygen atoms in total. The Balaban J connectivity index is 2.36. The van der Waals surface area contributed by atoms with Crippen LogP contribution in [0.3, 0.4) is 0 Å². The third-order valence-electron chi connectivity index (χ3n) is 4.55. The Morgan fingerprint density at radius 1 is 1.44 bits per heavy atom. The first-order valence-corrected chi connectivity index (χ1v) is 6.05. The molecule has 0 radical (unpaired) electrons. The Kier molecular flexibility index (Phi) is 3.07. The maximum absolute atomic E-state index is 12.6. The van der Waals surface area contributed by atoms with Gasteiger partial charge < -0.3 is 9.84 Å². The lowest BCUT2D eigenvalue weighted by atomic mass is 9.62. The molecular weight excluding hydrogens is 206 g/mol. The summed E-state index contributed by atoms with van der Waals surface area (Å²) in [5.41, 5.74) is -0.961. The van der Waals surface area contributed by atoms with Gasteiger partial charge in [-0.05, 0) is 19.3 Å².